The van der Waals surface area contributed by atoms with Gasteiger partial charge in [0.15, 0.2) is 0 Å². The number of hydrogen-bond acceptors (Lipinski definition) is 8. The first-order valence-electron chi connectivity index (χ1n) is 9.50. The van der Waals surface area contributed by atoms with Crippen molar-refractivity contribution in [2.45, 2.75) is 48.3 Å². The molecule has 0 atom stereocenters. The van der Waals surface area contributed by atoms with Gasteiger partial charge >= 0.3 is 103 Å². The second-order valence-electron chi connectivity index (χ2n) is 6.75. The second-order valence-corrected chi connectivity index (χ2v) is 12.2. The van der Waals surface area contributed by atoms with E-state index in [4.69, 9.17) is 0 Å². The summed E-state index contributed by atoms with van der Waals surface area (Å²) in [5, 5.41) is 0. The third-order valence-corrected chi connectivity index (χ3v) is 8.67. The number of hydrogen-bond donors (Lipinski definition) is 0. The topological polar surface area (TPSA) is 114 Å². The van der Waals surface area contributed by atoms with Crippen molar-refractivity contribution < 1.29 is 129 Å². The molecule has 12 heteroatoms. The van der Waals surface area contributed by atoms with Crippen LogP contribution in [0.2, 0.25) is 0 Å². The zero-order valence-electron chi connectivity index (χ0n) is 18.4. The minimum atomic E-state index is -4.37. The smallest absolute Gasteiger partial charge is 0.744 e. The van der Waals surface area contributed by atoms with E-state index in [0.29, 0.717) is 0 Å². The van der Waals surface area contributed by atoms with Crippen LogP contribution in [0.4, 0.5) is 0 Å². The van der Waals surface area contributed by atoms with Gasteiger partial charge < -0.3 is 9.11 Å². The maximum absolute atomic E-state index is 10.9. The van der Waals surface area contributed by atoms with Crippen LogP contribution in [0, 0.1) is 0 Å². The van der Waals surface area contributed by atoms with Crippen molar-refractivity contribution in [2.24, 2.45) is 0 Å². The summed E-state index contributed by atoms with van der Waals surface area (Å²) in [7, 11) is -5.07. The number of benzene rings is 2. The predicted octanol–water partition coefficient (Wildman–Crippen LogP) is -1.77. The van der Waals surface area contributed by atoms with Crippen molar-refractivity contribution in [1.29, 1.82) is 0 Å². The van der Waals surface area contributed by atoms with Crippen molar-refractivity contribution in [3.63, 3.8) is 0 Å². The van der Waals surface area contributed by atoms with E-state index in [9.17, 15) is 25.9 Å². The molecule has 0 N–H and O–H groups in total. The first kappa shape index (κ1) is 34.2. The van der Waals surface area contributed by atoms with E-state index in [0.717, 1.165) is 61.2 Å². The molecule has 0 saturated heterocycles. The van der Waals surface area contributed by atoms with Crippen LogP contribution in [0.25, 0.3) is 0 Å². The number of unbranched alkanes of at least 4 members (excludes halogenated alkanes) is 2. The Bertz CT molecular complexity index is 912. The molecule has 32 heavy (non-hydrogen) atoms. The molecule has 0 aromatic heterocycles. The zero-order chi connectivity index (χ0) is 22.0. The van der Waals surface area contributed by atoms with Gasteiger partial charge in [0.05, 0.1) is 9.79 Å². The summed E-state index contributed by atoms with van der Waals surface area (Å²) < 4.78 is 65.4. The van der Waals surface area contributed by atoms with Crippen LogP contribution in [0.3, 0.4) is 0 Å². The minimum Gasteiger partial charge on any atom is -0.744 e. The normalized spacial score (nSPS) is 11.4. The maximum atomic E-state index is 10.9. The van der Waals surface area contributed by atoms with Crippen molar-refractivity contribution in [3.05, 3.63) is 59.7 Å². The van der Waals surface area contributed by atoms with Crippen molar-refractivity contribution in [2.75, 3.05) is 11.5 Å². The summed E-state index contributed by atoms with van der Waals surface area (Å²) in [5.74, 6) is 2.09. The zero-order valence-corrected chi connectivity index (χ0v) is 27.9. The van der Waals surface area contributed by atoms with Crippen LogP contribution < -0.4 is 103 Å². The molecule has 0 saturated carbocycles. The van der Waals surface area contributed by atoms with Crippen LogP contribution in [0.1, 0.15) is 36.8 Å². The fourth-order valence-electron chi connectivity index (χ4n) is 2.74. The van der Waals surface area contributed by atoms with E-state index in [-0.39, 0.29) is 113 Å². The van der Waals surface area contributed by atoms with Crippen molar-refractivity contribution in [3.8, 4) is 0 Å². The molecule has 0 spiro atoms. The molecule has 2 aromatic carbocycles. The van der Waals surface area contributed by atoms with Crippen molar-refractivity contribution in [1.82, 2.24) is 0 Å². The van der Waals surface area contributed by atoms with Crippen LogP contribution in [0.5, 0.6) is 0 Å². The minimum absolute atomic E-state index is 0. The average Bonchev–Trinajstić information content (AvgIpc) is 2.69. The number of aryl methyl sites for hydroxylation is 2. The molecule has 0 aliphatic carbocycles. The van der Waals surface area contributed by atoms with Gasteiger partial charge in [-0.2, -0.15) is 0 Å². The monoisotopic (exact) mass is 566 g/mol. The van der Waals surface area contributed by atoms with Crippen molar-refractivity contribution >= 4 is 41.8 Å². The van der Waals surface area contributed by atoms with Gasteiger partial charge in [0.25, 0.3) is 0 Å². The van der Waals surface area contributed by atoms with Crippen LogP contribution >= 0.6 is 21.6 Å². The largest absolute Gasteiger partial charge is 1.00 e. The molecule has 0 aliphatic heterocycles. The Morgan fingerprint density at radius 1 is 0.562 bits per heavy atom. The van der Waals surface area contributed by atoms with Crippen LogP contribution in [-0.2, 0) is 33.1 Å². The standard InChI is InChI=1S/C20H26O6S4.2K/c21-29(22,23)19-11-7-17(8-12-19)5-1-3-15-27-28-16-4-2-6-18-9-13-20(14-10-18)30(24,25)26;;/h7-14H,1-6,15-16H2,(H,21,22,23)(H,24,25,26);;/q;2*+1/p-2. The summed E-state index contributed by atoms with van der Waals surface area (Å²) in [5.41, 5.74) is 2.06. The summed E-state index contributed by atoms with van der Waals surface area (Å²) in [6.07, 6.45) is 5.86. The summed E-state index contributed by atoms with van der Waals surface area (Å²) in [4.78, 5) is -0.378. The Morgan fingerprint density at radius 3 is 1.16 bits per heavy atom. The summed E-state index contributed by atoms with van der Waals surface area (Å²) in [6, 6.07) is 12.2. The fourth-order valence-corrected chi connectivity index (χ4v) is 5.98. The van der Waals surface area contributed by atoms with Gasteiger partial charge in [-0.15, -0.1) is 0 Å². The summed E-state index contributed by atoms with van der Waals surface area (Å²) >= 11 is 0. The molecule has 2 rings (SSSR count). The van der Waals surface area contributed by atoms with Gasteiger partial charge in [-0.05, 0) is 73.9 Å². The third-order valence-electron chi connectivity index (χ3n) is 4.39. The molecule has 0 fully saturated rings. The Morgan fingerprint density at radius 2 is 0.875 bits per heavy atom. The van der Waals surface area contributed by atoms with Gasteiger partial charge in [0.1, 0.15) is 20.2 Å². The Hall–Kier alpha value is 2.23. The second kappa shape index (κ2) is 17.6. The van der Waals surface area contributed by atoms with E-state index in [1.54, 1.807) is 24.3 Å². The molecule has 2 aromatic rings. The van der Waals surface area contributed by atoms with E-state index in [1.165, 1.54) is 24.3 Å². The molecule has 6 nitrogen and oxygen atoms in total. The van der Waals surface area contributed by atoms with Crippen LogP contribution in [-0.4, -0.2) is 37.4 Å². The first-order chi connectivity index (χ1) is 14.2. The Kier molecular flexibility index (Phi) is 18.9. The molecule has 0 aliphatic rings. The third kappa shape index (κ3) is 14.1. The van der Waals surface area contributed by atoms with Crippen LogP contribution in [0.15, 0.2) is 58.3 Å². The Labute approximate surface area is 284 Å². The van der Waals surface area contributed by atoms with Gasteiger partial charge in [-0.3, -0.25) is 0 Å². The molecule has 0 amide bonds. The summed E-state index contributed by atoms with van der Waals surface area (Å²) in [6.45, 7) is 0. The SMILES string of the molecule is O=S(=O)([O-])c1ccc(CCCCSSCCCCc2ccc(S(=O)(=O)[O-])cc2)cc1.[K+].[K+]. The molecular weight excluding hydrogens is 543 g/mol. The molecule has 166 valence electrons. The van der Waals surface area contributed by atoms with E-state index >= 15 is 0 Å². The van der Waals surface area contributed by atoms with E-state index < -0.39 is 20.2 Å². The molecule has 0 bridgehead atoms. The molecule has 0 unspecified atom stereocenters. The number of rotatable bonds is 13. The first-order valence-corrected chi connectivity index (χ1v) is 14.8. The van der Waals surface area contributed by atoms with Gasteiger partial charge in [-0.1, -0.05) is 45.9 Å². The quantitative estimate of drug-likeness (QED) is 0.121. The Balaban J connectivity index is 0.00000480. The fraction of sp³-hybridized carbons (Fsp3) is 0.400. The molecule has 0 heterocycles. The molecular formula is C20H24K2O6S4. The van der Waals surface area contributed by atoms with E-state index in [1.807, 2.05) is 21.6 Å². The predicted molar refractivity (Wildman–Crippen MR) is 120 cm³/mol. The van der Waals surface area contributed by atoms with Gasteiger partial charge in [-0.25, -0.2) is 16.8 Å². The maximum Gasteiger partial charge on any atom is 1.00 e. The average molecular weight is 567 g/mol. The van der Waals surface area contributed by atoms with E-state index in [2.05, 4.69) is 0 Å². The van der Waals surface area contributed by atoms with Gasteiger partial charge in [0.2, 0.25) is 0 Å². The van der Waals surface area contributed by atoms with Gasteiger partial charge in [0, 0.05) is 11.5 Å². The molecule has 0 radical (unpaired) electrons.